The zero-order valence-electron chi connectivity index (χ0n) is 10.1. The first-order chi connectivity index (χ1) is 8.54. The average Bonchev–Trinajstić information content (AvgIpc) is 2.64. The van der Waals surface area contributed by atoms with E-state index in [1.165, 1.54) is 12.1 Å². The third-order valence-corrected chi connectivity index (χ3v) is 2.92. The Morgan fingerprint density at radius 3 is 2.28 bits per heavy atom. The first-order valence-corrected chi connectivity index (χ1v) is 5.43. The molecule has 2 aromatic rings. The highest BCUT2D eigenvalue weighted by molar-refractivity contribution is 5.77. The third-order valence-electron chi connectivity index (χ3n) is 2.92. The first kappa shape index (κ1) is 12.0. The lowest BCUT2D eigenvalue weighted by Gasteiger charge is -2.08. The van der Waals surface area contributed by atoms with Crippen LogP contribution in [0, 0.1) is 24.0 Å². The molecule has 1 aromatic carbocycles. The Hall–Kier alpha value is -2.43. The largest absolute Gasteiger partial charge is 0.318 e. The number of nitro groups is 1. The molecule has 18 heavy (non-hydrogen) atoms. The van der Waals surface area contributed by atoms with Gasteiger partial charge in [-0.05, 0) is 32.0 Å². The van der Waals surface area contributed by atoms with E-state index in [-0.39, 0.29) is 5.69 Å². The van der Waals surface area contributed by atoms with Crippen molar-refractivity contribution in [3.8, 4) is 5.69 Å². The molecule has 2 rings (SSSR count). The summed E-state index contributed by atoms with van der Waals surface area (Å²) in [4.78, 5) is 21.0. The number of aryl methyl sites for hydroxylation is 1. The van der Waals surface area contributed by atoms with Crippen molar-refractivity contribution in [1.29, 1.82) is 0 Å². The smallest absolute Gasteiger partial charge is 0.269 e. The summed E-state index contributed by atoms with van der Waals surface area (Å²) in [7, 11) is 0. The molecule has 0 unspecified atom stereocenters. The fraction of sp³-hybridized carbons (Fsp3) is 0.154. The van der Waals surface area contributed by atoms with Crippen LogP contribution < -0.4 is 0 Å². The van der Waals surface area contributed by atoms with Crippen LogP contribution in [0.25, 0.3) is 5.69 Å². The molecular formula is C13H12N2O3. The van der Waals surface area contributed by atoms with Crippen molar-refractivity contribution < 1.29 is 9.72 Å². The molecule has 0 aliphatic carbocycles. The molecule has 0 saturated heterocycles. The molecule has 0 bridgehead atoms. The molecular weight excluding hydrogens is 232 g/mol. The zero-order chi connectivity index (χ0) is 13.3. The minimum atomic E-state index is -0.435. The Morgan fingerprint density at radius 2 is 1.83 bits per heavy atom. The van der Waals surface area contributed by atoms with Gasteiger partial charge in [0.25, 0.3) is 5.69 Å². The van der Waals surface area contributed by atoms with Crippen LogP contribution >= 0.6 is 0 Å². The number of carbonyl (C=O) groups excluding carboxylic acids is 1. The van der Waals surface area contributed by atoms with Gasteiger partial charge in [-0.15, -0.1) is 0 Å². The van der Waals surface area contributed by atoms with Crippen LogP contribution in [-0.2, 0) is 0 Å². The number of aromatic nitrogens is 1. The molecule has 5 nitrogen and oxygen atoms in total. The quantitative estimate of drug-likeness (QED) is 0.473. The van der Waals surface area contributed by atoms with Crippen molar-refractivity contribution in [3.63, 3.8) is 0 Å². The Balaban J connectivity index is 2.52. The Morgan fingerprint density at radius 1 is 1.22 bits per heavy atom. The summed E-state index contributed by atoms with van der Waals surface area (Å²) in [6, 6.07) is 8.05. The number of non-ortho nitro benzene ring substituents is 1. The van der Waals surface area contributed by atoms with Gasteiger partial charge in [0.2, 0.25) is 0 Å². The van der Waals surface area contributed by atoms with Crippen LogP contribution in [-0.4, -0.2) is 15.8 Å². The highest BCUT2D eigenvalue weighted by Crippen LogP contribution is 2.21. The maximum Gasteiger partial charge on any atom is 0.269 e. The van der Waals surface area contributed by atoms with Crippen molar-refractivity contribution in [3.05, 3.63) is 57.4 Å². The Labute approximate surface area is 104 Å². The molecule has 0 radical (unpaired) electrons. The van der Waals surface area contributed by atoms with Gasteiger partial charge in [-0.3, -0.25) is 14.9 Å². The second-order valence-corrected chi connectivity index (χ2v) is 4.05. The molecule has 0 spiro atoms. The molecule has 92 valence electrons. The van der Waals surface area contributed by atoms with Crippen LogP contribution in [0.15, 0.2) is 30.3 Å². The standard InChI is InChI=1S/C13H12N2O3/c1-9-7-11(8-16)10(2)14(9)12-3-5-13(6-4-12)15(17)18/h3-8H,1-2H3. The van der Waals surface area contributed by atoms with Crippen LogP contribution in [0.4, 0.5) is 5.69 Å². The number of hydrogen-bond acceptors (Lipinski definition) is 3. The van der Waals surface area contributed by atoms with E-state index in [1.54, 1.807) is 18.2 Å². The van der Waals surface area contributed by atoms with Gasteiger partial charge >= 0.3 is 0 Å². The van der Waals surface area contributed by atoms with Gasteiger partial charge in [-0.2, -0.15) is 0 Å². The number of benzene rings is 1. The molecule has 0 aliphatic rings. The molecule has 5 heteroatoms. The highest BCUT2D eigenvalue weighted by atomic mass is 16.6. The number of hydrogen-bond donors (Lipinski definition) is 0. The fourth-order valence-electron chi connectivity index (χ4n) is 2.03. The lowest BCUT2D eigenvalue weighted by atomic mass is 10.2. The van der Waals surface area contributed by atoms with E-state index in [4.69, 9.17) is 0 Å². The maximum atomic E-state index is 10.9. The summed E-state index contributed by atoms with van der Waals surface area (Å²) < 4.78 is 1.90. The lowest BCUT2D eigenvalue weighted by Crippen LogP contribution is -1.99. The summed E-state index contributed by atoms with van der Waals surface area (Å²) in [6.45, 7) is 3.74. The summed E-state index contributed by atoms with van der Waals surface area (Å²) >= 11 is 0. The monoisotopic (exact) mass is 244 g/mol. The second-order valence-electron chi connectivity index (χ2n) is 4.05. The number of nitro benzene ring substituents is 1. The van der Waals surface area contributed by atoms with E-state index in [9.17, 15) is 14.9 Å². The molecule has 1 heterocycles. The Bertz CT molecular complexity index is 612. The molecule has 0 N–H and O–H groups in total. The predicted molar refractivity (Wildman–Crippen MR) is 67.3 cm³/mol. The van der Waals surface area contributed by atoms with Crippen LogP contribution in [0.2, 0.25) is 0 Å². The SMILES string of the molecule is Cc1cc(C=O)c(C)n1-c1ccc([N+](=O)[O-])cc1. The minimum absolute atomic E-state index is 0.0526. The second kappa shape index (κ2) is 4.44. The summed E-state index contributed by atoms with van der Waals surface area (Å²) in [5.74, 6) is 0. The molecule has 0 saturated carbocycles. The van der Waals surface area contributed by atoms with Gasteiger partial charge in [0.1, 0.15) is 0 Å². The van der Waals surface area contributed by atoms with E-state index in [2.05, 4.69) is 0 Å². The topological polar surface area (TPSA) is 65.1 Å². The fourth-order valence-corrected chi connectivity index (χ4v) is 2.03. The van der Waals surface area contributed by atoms with Gasteiger partial charge in [-0.25, -0.2) is 0 Å². The molecule has 1 aromatic heterocycles. The lowest BCUT2D eigenvalue weighted by molar-refractivity contribution is -0.384. The first-order valence-electron chi connectivity index (χ1n) is 5.43. The molecule has 0 aliphatic heterocycles. The zero-order valence-corrected chi connectivity index (χ0v) is 10.1. The van der Waals surface area contributed by atoms with Gasteiger partial charge < -0.3 is 4.57 Å². The van der Waals surface area contributed by atoms with Crippen LogP contribution in [0.5, 0.6) is 0 Å². The maximum absolute atomic E-state index is 10.9. The minimum Gasteiger partial charge on any atom is -0.318 e. The summed E-state index contributed by atoms with van der Waals surface area (Å²) in [5, 5.41) is 10.6. The van der Waals surface area contributed by atoms with Crippen molar-refractivity contribution in [2.75, 3.05) is 0 Å². The highest BCUT2D eigenvalue weighted by Gasteiger charge is 2.11. The van der Waals surface area contributed by atoms with Crippen LogP contribution in [0.1, 0.15) is 21.7 Å². The van der Waals surface area contributed by atoms with E-state index in [0.717, 1.165) is 23.4 Å². The van der Waals surface area contributed by atoms with Gasteiger partial charge in [0, 0.05) is 34.8 Å². The number of aldehydes is 1. The predicted octanol–water partition coefficient (Wildman–Crippen LogP) is 2.81. The normalized spacial score (nSPS) is 10.3. The van der Waals surface area contributed by atoms with Gasteiger partial charge in [0.05, 0.1) is 4.92 Å². The van der Waals surface area contributed by atoms with Crippen molar-refractivity contribution in [2.45, 2.75) is 13.8 Å². The van der Waals surface area contributed by atoms with Gasteiger partial charge in [-0.1, -0.05) is 0 Å². The number of rotatable bonds is 3. The van der Waals surface area contributed by atoms with Crippen LogP contribution in [0.3, 0.4) is 0 Å². The summed E-state index contributed by atoms with van der Waals surface area (Å²) in [6.07, 6.45) is 0.810. The van der Waals surface area contributed by atoms with E-state index < -0.39 is 4.92 Å². The van der Waals surface area contributed by atoms with Crippen molar-refractivity contribution in [2.24, 2.45) is 0 Å². The van der Waals surface area contributed by atoms with Gasteiger partial charge in [0.15, 0.2) is 6.29 Å². The number of nitrogens with zero attached hydrogens (tertiary/aromatic N) is 2. The van der Waals surface area contributed by atoms with E-state index in [0.29, 0.717) is 5.56 Å². The molecule has 0 atom stereocenters. The average molecular weight is 244 g/mol. The number of carbonyl (C=O) groups is 1. The molecule has 0 fully saturated rings. The summed E-state index contributed by atoms with van der Waals surface area (Å²) in [5.41, 5.74) is 3.24. The van der Waals surface area contributed by atoms with E-state index >= 15 is 0 Å². The van der Waals surface area contributed by atoms with E-state index in [1.807, 2.05) is 18.4 Å². The Kier molecular flexibility index (Phi) is 2.97. The third kappa shape index (κ3) is 1.90. The molecule has 0 amide bonds. The van der Waals surface area contributed by atoms with Crippen molar-refractivity contribution >= 4 is 12.0 Å². The van der Waals surface area contributed by atoms with Crippen molar-refractivity contribution in [1.82, 2.24) is 4.57 Å².